The van der Waals surface area contributed by atoms with Crippen molar-refractivity contribution in [2.75, 3.05) is 20.3 Å². The highest BCUT2D eigenvalue weighted by Gasteiger charge is 2.07. The molecule has 2 aromatic carbocycles. The van der Waals surface area contributed by atoms with Crippen molar-refractivity contribution in [2.45, 2.75) is 20.8 Å². The van der Waals surface area contributed by atoms with Gasteiger partial charge in [-0.05, 0) is 61.7 Å². The maximum Gasteiger partial charge on any atom is 0.161 e. The van der Waals surface area contributed by atoms with Gasteiger partial charge in [0, 0.05) is 5.56 Å². The Balaban J connectivity index is 1.98. The second-order valence-corrected chi connectivity index (χ2v) is 5.56. The van der Waals surface area contributed by atoms with Crippen LogP contribution in [-0.2, 0) is 0 Å². The number of hydrogen-bond acceptors (Lipinski definition) is 5. The van der Waals surface area contributed by atoms with Crippen LogP contribution < -0.4 is 14.2 Å². The van der Waals surface area contributed by atoms with Crippen molar-refractivity contribution in [1.29, 1.82) is 0 Å². The Hall–Kier alpha value is -2.69. The molecule has 0 aromatic heterocycles. The van der Waals surface area contributed by atoms with Gasteiger partial charge in [-0.25, -0.2) is 0 Å². The van der Waals surface area contributed by atoms with Gasteiger partial charge in [-0.2, -0.15) is 0 Å². The summed E-state index contributed by atoms with van der Waals surface area (Å²) in [4.78, 5) is 0. The van der Waals surface area contributed by atoms with E-state index in [-0.39, 0.29) is 0 Å². The molecular formula is C19H23NO4. The Kier molecular flexibility index (Phi) is 6.07. The summed E-state index contributed by atoms with van der Waals surface area (Å²) in [6.07, 6.45) is 1.34. The van der Waals surface area contributed by atoms with Gasteiger partial charge in [-0.15, -0.1) is 0 Å². The zero-order valence-electron chi connectivity index (χ0n) is 14.5. The molecule has 0 aliphatic heterocycles. The molecule has 0 heterocycles. The topological polar surface area (TPSA) is 60.3 Å². The van der Waals surface area contributed by atoms with Crippen LogP contribution in [0.15, 0.2) is 35.5 Å². The first-order valence-corrected chi connectivity index (χ1v) is 7.74. The molecule has 1 N–H and O–H groups in total. The van der Waals surface area contributed by atoms with Gasteiger partial charge in [-0.3, -0.25) is 0 Å². The van der Waals surface area contributed by atoms with E-state index in [4.69, 9.17) is 19.4 Å². The predicted octanol–water partition coefficient (Wildman–Crippen LogP) is 3.89. The molecule has 0 unspecified atom stereocenters. The number of oxime groups is 1. The van der Waals surface area contributed by atoms with Crippen LogP contribution in [0, 0.1) is 20.8 Å². The van der Waals surface area contributed by atoms with Crippen molar-refractivity contribution in [3.63, 3.8) is 0 Å². The average molecular weight is 329 g/mol. The summed E-state index contributed by atoms with van der Waals surface area (Å²) < 4.78 is 16.9. The summed E-state index contributed by atoms with van der Waals surface area (Å²) in [5.41, 5.74) is 4.24. The molecule has 0 amide bonds. The fraction of sp³-hybridized carbons (Fsp3) is 0.316. The number of ether oxygens (including phenoxy) is 3. The summed E-state index contributed by atoms with van der Waals surface area (Å²) in [5, 5.41) is 11.6. The first-order chi connectivity index (χ1) is 11.5. The molecule has 2 aromatic rings. The molecule has 0 atom stereocenters. The maximum absolute atomic E-state index is 8.63. The highest BCUT2D eigenvalue weighted by molar-refractivity contribution is 5.80. The van der Waals surface area contributed by atoms with Gasteiger partial charge < -0.3 is 19.4 Å². The Morgan fingerprint density at radius 3 is 2.33 bits per heavy atom. The normalized spacial score (nSPS) is 10.8. The van der Waals surface area contributed by atoms with Crippen molar-refractivity contribution in [2.24, 2.45) is 5.16 Å². The third-order valence-electron chi connectivity index (χ3n) is 3.76. The van der Waals surface area contributed by atoms with E-state index in [1.54, 1.807) is 25.3 Å². The lowest BCUT2D eigenvalue weighted by atomic mass is 10.1. The SMILES string of the molecule is COc1ccc(/C=N/O)cc1OCCOc1cc(C)cc(C)c1C. The molecule has 0 radical (unpaired) electrons. The van der Waals surface area contributed by atoms with E-state index in [9.17, 15) is 0 Å². The second-order valence-electron chi connectivity index (χ2n) is 5.56. The Bertz CT molecular complexity index is 726. The minimum atomic E-state index is 0.377. The van der Waals surface area contributed by atoms with Crippen molar-refractivity contribution in [3.8, 4) is 17.2 Å². The van der Waals surface area contributed by atoms with Gasteiger partial charge in [0.25, 0.3) is 0 Å². The van der Waals surface area contributed by atoms with E-state index in [1.807, 2.05) is 13.0 Å². The van der Waals surface area contributed by atoms with E-state index in [0.29, 0.717) is 24.7 Å². The first-order valence-electron chi connectivity index (χ1n) is 7.74. The fourth-order valence-corrected chi connectivity index (χ4v) is 2.41. The molecule has 0 saturated carbocycles. The van der Waals surface area contributed by atoms with Crippen molar-refractivity contribution in [1.82, 2.24) is 0 Å². The highest BCUT2D eigenvalue weighted by Crippen LogP contribution is 2.28. The molecule has 5 nitrogen and oxygen atoms in total. The third kappa shape index (κ3) is 4.41. The van der Waals surface area contributed by atoms with E-state index >= 15 is 0 Å². The van der Waals surface area contributed by atoms with Crippen LogP contribution in [0.1, 0.15) is 22.3 Å². The van der Waals surface area contributed by atoms with Crippen molar-refractivity contribution < 1.29 is 19.4 Å². The summed E-state index contributed by atoms with van der Waals surface area (Å²) in [5.74, 6) is 2.08. The molecule has 0 bridgehead atoms. The number of nitrogens with zero attached hydrogens (tertiary/aromatic N) is 1. The Morgan fingerprint density at radius 2 is 1.67 bits per heavy atom. The van der Waals surface area contributed by atoms with Crippen LogP contribution in [0.2, 0.25) is 0 Å². The van der Waals surface area contributed by atoms with Crippen LogP contribution in [-0.4, -0.2) is 31.7 Å². The second kappa shape index (κ2) is 8.24. The summed E-state index contributed by atoms with van der Waals surface area (Å²) in [6, 6.07) is 9.46. The number of rotatable bonds is 7. The van der Waals surface area contributed by atoms with Gasteiger partial charge in [0.2, 0.25) is 0 Å². The fourth-order valence-electron chi connectivity index (χ4n) is 2.41. The molecule has 0 aliphatic carbocycles. The van der Waals surface area contributed by atoms with Gasteiger partial charge in [0.05, 0.1) is 13.3 Å². The lowest BCUT2D eigenvalue weighted by molar-refractivity contribution is 0.210. The molecule has 0 fully saturated rings. The minimum absolute atomic E-state index is 0.377. The molecule has 128 valence electrons. The van der Waals surface area contributed by atoms with E-state index in [2.05, 4.69) is 25.1 Å². The molecule has 2 rings (SSSR count). The molecule has 24 heavy (non-hydrogen) atoms. The van der Waals surface area contributed by atoms with E-state index < -0.39 is 0 Å². The molecule has 5 heteroatoms. The van der Waals surface area contributed by atoms with Crippen LogP contribution >= 0.6 is 0 Å². The highest BCUT2D eigenvalue weighted by atomic mass is 16.5. The summed E-state index contributed by atoms with van der Waals surface area (Å²) >= 11 is 0. The van der Waals surface area contributed by atoms with Crippen molar-refractivity contribution >= 4 is 6.21 Å². The zero-order valence-corrected chi connectivity index (χ0v) is 14.5. The quantitative estimate of drug-likeness (QED) is 0.362. The minimum Gasteiger partial charge on any atom is -0.493 e. The number of hydrogen-bond donors (Lipinski definition) is 1. The Labute approximate surface area is 142 Å². The number of methoxy groups -OCH3 is 1. The number of benzene rings is 2. The monoisotopic (exact) mass is 329 g/mol. The largest absolute Gasteiger partial charge is 0.493 e. The Morgan fingerprint density at radius 1 is 0.958 bits per heavy atom. The molecule has 0 aliphatic rings. The standard InChI is InChI=1S/C19H23NO4/c1-13-9-14(2)15(3)18(10-13)23-7-8-24-19-11-16(12-20-21)5-6-17(19)22-4/h5-6,9-12,21H,7-8H2,1-4H3/b20-12+. The van der Waals surface area contributed by atoms with Crippen LogP contribution in [0.3, 0.4) is 0 Å². The van der Waals surface area contributed by atoms with Crippen LogP contribution in [0.5, 0.6) is 17.2 Å². The summed E-state index contributed by atoms with van der Waals surface area (Å²) in [6.45, 7) is 6.97. The predicted molar refractivity (Wildman–Crippen MR) is 94.0 cm³/mol. The summed E-state index contributed by atoms with van der Waals surface area (Å²) in [7, 11) is 1.58. The maximum atomic E-state index is 8.63. The van der Waals surface area contributed by atoms with Gasteiger partial charge in [0.15, 0.2) is 11.5 Å². The van der Waals surface area contributed by atoms with Gasteiger partial charge in [-0.1, -0.05) is 11.2 Å². The van der Waals surface area contributed by atoms with Crippen molar-refractivity contribution in [3.05, 3.63) is 52.6 Å². The molecular weight excluding hydrogens is 306 g/mol. The third-order valence-corrected chi connectivity index (χ3v) is 3.76. The average Bonchev–Trinajstić information content (AvgIpc) is 2.56. The first kappa shape index (κ1) is 17.7. The van der Waals surface area contributed by atoms with Gasteiger partial charge in [0.1, 0.15) is 19.0 Å². The van der Waals surface area contributed by atoms with Crippen LogP contribution in [0.4, 0.5) is 0 Å². The number of aryl methyl sites for hydroxylation is 2. The lowest BCUT2D eigenvalue weighted by Crippen LogP contribution is -2.10. The van der Waals surface area contributed by atoms with Gasteiger partial charge >= 0.3 is 0 Å². The zero-order chi connectivity index (χ0) is 17.5. The lowest BCUT2D eigenvalue weighted by Gasteiger charge is -2.14. The smallest absolute Gasteiger partial charge is 0.161 e. The molecule has 0 saturated heterocycles. The van der Waals surface area contributed by atoms with E-state index in [1.165, 1.54) is 17.3 Å². The molecule has 0 spiro atoms. The van der Waals surface area contributed by atoms with Crippen LogP contribution in [0.25, 0.3) is 0 Å². The van der Waals surface area contributed by atoms with E-state index in [0.717, 1.165) is 16.9 Å².